The summed E-state index contributed by atoms with van der Waals surface area (Å²) in [6.07, 6.45) is 5.83. The molecule has 4 heteroatoms. The van der Waals surface area contributed by atoms with E-state index in [-0.39, 0.29) is 5.54 Å². The summed E-state index contributed by atoms with van der Waals surface area (Å²) >= 11 is 3.61. The lowest BCUT2D eigenvalue weighted by molar-refractivity contribution is 0.173. The topological polar surface area (TPSA) is 44.5 Å². The average molecular weight is 312 g/mol. The number of halogens is 1. The number of fused-ring (bicyclic) bond motifs is 1. The standard InChI is InChI=1S/C14H18BrNO2/c1-9-10(14(16)5-3-2-4-6-14)7-11-13(12(9)15)18-8-17-11/h7H,2-6,8,16H2,1H3. The number of hydrogen-bond acceptors (Lipinski definition) is 3. The first-order chi connectivity index (χ1) is 8.62. The summed E-state index contributed by atoms with van der Waals surface area (Å²) in [5.74, 6) is 1.63. The van der Waals surface area contributed by atoms with E-state index in [1.54, 1.807) is 0 Å². The molecule has 3 nitrogen and oxygen atoms in total. The fraction of sp³-hybridized carbons (Fsp3) is 0.571. The molecule has 0 saturated heterocycles. The number of ether oxygens (including phenoxy) is 2. The smallest absolute Gasteiger partial charge is 0.231 e. The van der Waals surface area contributed by atoms with Crippen LogP contribution in [0.1, 0.15) is 43.2 Å². The van der Waals surface area contributed by atoms with E-state index in [2.05, 4.69) is 28.9 Å². The molecule has 0 radical (unpaired) electrons. The third-order valence-electron chi connectivity index (χ3n) is 4.13. The zero-order valence-electron chi connectivity index (χ0n) is 10.6. The average Bonchev–Trinajstić information content (AvgIpc) is 2.83. The van der Waals surface area contributed by atoms with E-state index in [9.17, 15) is 0 Å². The van der Waals surface area contributed by atoms with Gasteiger partial charge in [0, 0.05) is 5.54 Å². The normalized spacial score (nSPS) is 21.1. The minimum absolute atomic E-state index is 0.203. The van der Waals surface area contributed by atoms with Gasteiger partial charge in [0.15, 0.2) is 11.5 Å². The quantitative estimate of drug-likeness (QED) is 0.861. The van der Waals surface area contributed by atoms with E-state index >= 15 is 0 Å². The highest BCUT2D eigenvalue weighted by atomic mass is 79.9. The molecule has 2 N–H and O–H groups in total. The van der Waals surface area contributed by atoms with Crippen LogP contribution in [0.15, 0.2) is 10.5 Å². The highest BCUT2D eigenvalue weighted by molar-refractivity contribution is 9.10. The lowest BCUT2D eigenvalue weighted by Gasteiger charge is -2.35. The molecule has 2 aliphatic rings. The summed E-state index contributed by atoms with van der Waals surface area (Å²) in [7, 11) is 0. The van der Waals surface area contributed by atoms with Crippen molar-refractivity contribution in [2.24, 2.45) is 5.73 Å². The summed E-state index contributed by atoms with van der Waals surface area (Å²) in [5.41, 5.74) is 8.82. The SMILES string of the molecule is Cc1c(C2(N)CCCCC2)cc2c(c1Br)OCO2. The summed E-state index contributed by atoms with van der Waals surface area (Å²) in [5, 5.41) is 0. The van der Waals surface area contributed by atoms with Crippen molar-refractivity contribution in [2.75, 3.05) is 6.79 Å². The van der Waals surface area contributed by atoms with Crippen LogP contribution >= 0.6 is 15.9 Å². The summed E-state index contributed by atoms with van der Waals surface area (Å²) in [6, 6.07) is 2.08. The molecule has 1 aliphatic carbocycles. The molecule has 0 amide bonds. The number of benzene rings is 1. The maximum atomic E-state index is 6.63. The van der Waals surface area contributed by atoms with Gasteiger partial charge in [-0.3, -0.25) is 0 Å². The van der Waals surface area contributed by atoms with Gasteiger partial charge in [-0.15, -0.1) is 0 Å². The molecule has 1 saturated carbocycles. The van der Waals surface area contributed by atoms with Gasteiger partial charge in [-0.1, -0.05) is 19.3 Å². The third kappa shape index (κ3) is 1.82. The van der Waals surface area contributed by atoms with E-state index in [0.717, 1.165) is 28.8 Å². The minimum atomic E-state index is -0.203. The Hall–Kier alpha value is -0.740. The number of nitrogens with two attached hydrogens (primary N) is 1. The van der Waals surface area contributed by atoms with E-state index in [1.165, 1.54) is 30.4 Å². The Morgan fingerprint density at radius 2 is 1.94 bits per heavy atom. The van der Waals surface area contributed by atoms with Gasteiger partial charge in [-0.05, 0) is 52.9 Å². The lowest BCUT2D eigenvalue weighted by Crippen LogP contribution is -2.39. The third-order valence-corrected chi connectivity index (χ3v) is 5.09. The van der Waals surface area contributed by atoms with Crippen LogP contribution in [0.5, 0.6) is 11.5 Å². The van der Waals surface area contributed by atoms with Gasteiger partial charge in [0.1, 0.15) is 0 Å². The van der Waals surface area contributed by atoms with Crippen LogP contribution in [0.4, 0.5) is 0 Å². The Morgan fingerprint density at radius 3 is 2.67 bits per heavy atom. The molecule has 98 valence electrons. The molecule has 18 heavy (non-hydrogen) atoms. The van der Waals surface area contributed by atoms with Crippen molar-refractivity contribution in [3.63, 3.8) is 0 Å². The maximum absolute atomic E-state index is 6.63. The molecule has 1 fully saturated rings. The first-order valence-electron chi connectivity index (χ1n) is 6.50. The van der Waals surface area contributed by atoms with E-state index in [1.807, 2.05) is 0 Å². The van der Waals surface area contributed by atoms with Gasteiger partial charge in [0.25, 0.3) is 0 Å². The van der Waals surface area contributed by atoms with Crippen LogP contribution < -0.4 is 15.2 Å². The first kappa shape index (κ1) is 12.3. The highest BCUT2D eigenvalue weighted by Crippen LogP contribution is 2.47. The molecule has 3 rings (SSSR count). The Morgan fingerprint density at radius 1 is 1.22 bits per heavy atom. The van der Waals surface area contributed by atoms with Gasteiger partial charge >= 0.3 is 0 Å². The zero-order chi connectivity index (χ0) is 12.8. The van der Waals surface area contributed by atoms with Crippen molar-refractivity contribution in [3.8, 4) is 11.5 Å². The number of rotatable bonds is 1. The van der Waals surface area contributed by atoms with Crippen molar-refractivity contribution >= 4 is 15.9 Å². The molecule has 0 bridgehead atoms. The fourth-order valence-electron chi connectivity index (χ4n) is 3.06. The van der Waals surface area contributed by atoms with Crippen molar-refractivity contribution in [1.82, 2.24) is 0 Å². The summed E-state index contributed by atoms with van der Waals surface area (Å²) in [4.78, 5) is 0. The second-order valence-electron chi connectivity index (χ2n) is 5.31. The van der Waals surface area contributed by atoms with Crippen molar-refractivity contribution < 1.29 is 9.47 Å². The predicted molar refractivity (Wildman–Crippen MR) is 74.0 cm³/mol. The second-order valence-corrected chi connectivity index (χ2v) is 6.11. The summed E-state index contributed by atoms with van der Waals surface area (Å²) < 4.78 is 12.0. The zero-order valence-corrected chi connectivity index (χ0v) is 12.2. The van der Waals surface area contributed by atoms with Gasteiger partial charge in [-0.2, -0.15) is 0 Å². The Balaban J connectivity index is 2.09. The monoisotopic (exact) mass is 311 g/mol. The van der Waals surface area contributed by atoms with Crippen molar-refractivity contribution in [3.05, 3.63) is 21.7 Å². The maximum Gasteiger partial charge on any atom is 0.231 e. The van der Waals surface area contributed by atoms with Gasteiger partial charge in [-0.25, -0.2) is 0 Å². The molecule has 1 aromatic carbocycles. The van der Waals surface area contributed by atoms with Crippen LogP contribution in [-0.4, -0.2) is 6.79 Å². The van der Waals surface area contributed by atoms with Crippen LogP contribution in [0, 0.1) is 6.92 Å². The lowest BCUT2D eigenvalue weighted by atomic mass is 9.76. The fourth-order valence-corrected chi connectivity index (χ4v) is 3.59. The molecule has 1 heterocycles. The molecule has 0 atom stereocenters. The van der Waals surface area contributed by atoms with Crippen molar-refractivity contribution in [2.45, 2.75) is 44.6 Å². The van der Waals surface area contributed by atoms with Crippen LogP contribution in [-0.2, 0) is 5.54 Å². The molecule has 0 spiro atoms. The van der Waals surface area contributed by atoms with Crippen LogP contribution in [0.25, 0.3) is 0 Å². The van der Waals surface area contributed by atoms with E-state index in [0.29, 0.717) is 6.79 Å². The van der Waals surface area contributed by atoms with Gasteiger partial charge in [0.05, 0.1) is 4.47 Å². The predicted octanol–water partition coefficient (Wildman–Crippen LogP) is 3.60. The first-order valence-corrected chi connectivity index (χ1v) is 7.29. The van der Waals surface area contributed by atoms with Gasteiger partial charge < -0.3 is 15.2 Å². The molecule has 1 aliphatic heterocycles. The van der Waals surface area contributed by atoms with Crippen LogP contribution in [0.2, 0.25) is 0 Å². The molecule has 0 aromatic heterocycles. The molecular weight excluding hydrogens is 294 g/mol. The van der Waals surface area contributed by atoms with E-state index in [4.69, 9.17) is 15.2 Å². The number of hydrogen-bond donors (Lipinski definition) is 1. The minimum Gasteiger partial charge on any atom is -0.454 e. The molecule has 0 unspecified atom stereocenters. The second kappa shape index (κ2) is 4.42. The summed E-state index contributed by atoms with van der Waals surface area (Å²) in [6.45, 7) is 2.40. The Bertz CT molecular complexity index is 481. The molecule has 1 aromatic rings. The Labute approximate surface area is 116 Å². The largest absolute Gasteiger partial charge is 0.454 e. The van der Waals surface area contributed by atoms with Crippen molar-refractivity contribution in [1.29, 1.82) is 0 Å². The molecular formula is C14H18BrNO2. The highest BCUT2D eigenvalue weighted by Gasteiger charge is 2.34. The van der Waals surface area contributed by atoms with E-state index < -0.39 is 0 Å². The van der Waals surface area contributed by atoms with Crippen LogP contribution in [0.3, 0.4) is 0 Å². The Kier molecular flexibility index (Phi) is 3.02. The van der Waals surface area contributed by atoms with Gasteiger partial charge in [0.2, 0.25) is 6.79 Å².